The predicted octanol–water partition coefficient (Wildman–Crippen LogP) is -0.342. The summed E-state index contributed by atoms with van der Waals surface area (Å²) in [6, 6.07) is 0.396. The van der Waals surface area contributed by atoms with Crippen molar-refractivity contribution in [2.24, 2.45) is 5.73 Å². The minimum absolute atomic E-state index is 0.225. The molecule has 2 heterocycles. The maximum Gasteiger partial charge on any atom is 0.224 e. The Morgan fingerprint density at radius 2 is 2.06 bits per heavy atom. The lowest BCUT2D eigenvalue weighted by Gasteiger charge is -2.33. The summed E-state index contributed by atoms with van der Waals surface area (Å²) in [5, 5.41) is 0. The minimum atomic E-state index is 0.225. The van der Waals surface area contributed by atoms with E-state index in [0.717, 1.165) is 52.2 Å². The first-order valence-corrected chi connectivity index (χ1v) is 6.61. The van der Waals surface area contributed by atoms with E-state index < -0.39 is 0 Å². The molecule has 2 aliphatic rings. The molecule has 5 heteroatoms. The Morgan fingerprint density at radius 3 is 2.76 bits per heavy atom. The van der Waals surface area contributed by atoms with Crippen molar-refractivity contribution in [2.45, 2.75) is 25.3 Å². The van der Waals surface area contributed by atoms with Crippen molar-refractivity contribution in [3.63, 3.8) is 0 Å². The second-order valence-electron chi connectivity index (χ2n) is 4.83. The molecule has 2 saturated heterocycles. The molecular formula is C12H23N3O2. The van der Waals surface area contributed by atoms with Crippen molar-refractivity contribution in [2.75, 3.05) is 45.9 Å². The van der Waals surface area contributed by atoms with Gasteiger partial charge in [0.05, 0.1) is 13.2 Å². The molecule has 17 heavy (non-hydrogen) atoms. The Labute approximate surface area is 103 Å². The Hall–Kier alpha value is -0.650. The topological polar surface area (TPSA) is 58.8 Å². The van der Waals surface area contributed by atoms with Crippen LogP contribution in [0, 0.1) is 0 Å². The van der Waals surface area contributed by atoms with Crippen molar-refractivity contribution >= 4 is 5.91 Å². The van der Waals surface area contributed by atoms with Crippen LogP contribution in [0.15, 0.2) is 0 Å². The fraction of sp³-hybridized carbons (Fsp3) is 0.917. The summed E-state index contributed by atoms with van der Waals surface area (Å²) in [4.78, 5) is 16.3. The molecule has 1 amide bonds. The number of ether oxygens (including phenoxy) is 1. The molecule has 5 nitrogen and oxygen atoms in total. The molecule has 0 aromatic heterocycles. The molecule has 1 unspecified atom stereocenters. The van der Waals surface area contributed by atoms with E-state index in [1.54, 1.807) is 0 Å². The number of hydrogen-bond donors (Lipinski definition) is 1. The third-order valence-electron chi connectivity index (χ3n) is 3.63. The van der Waals surface area contributed by atoms with Crippen LogP contribution in [0.4, 0.5) is 0 Å². The van der Waals surface area contributed by atoms with E-state index in [-0.39, 0.29) is 5.91 Å². The Kier molecular flexibility index (Phi) is 4.76. The first kappa shape index (κ1) is 12.8. The normalized spacial score (nSPS) is 26.4. The summed E-state index contributed by atoms with van der Waals surface area (Å²) < 4.78 is 5.34. The van der Waals surface area contributed by atoms with Crippen LogP contribution < -0.4 is 5.73 Å². The van der Waals surface area contributed by atoms with Gasteiger partial charge in [0.1, 0.15) is 0 Å². The first-order valence-electron chi connectivity index (χ1n) is 6.61. The van der Waals surface area contributed by atoms with Gasteiger partial charge >= 0.3 is 0 Å². The molecule has 2 N–H and O–H groups in total. The molecule has 2 aliphatic heterocycles. The van der Waals surface area contributed by atoms with Gasteiger partial charge in [-0.15, -0.1) is 0 Å². The van der Waals surface area contributed by atoms with Crippen LogP contribution in [0.1, 0.15) is 19.3 Å². The molecule has 98 valence electrons. The second-order valence-corrected chi connectivity index (χ2v) is 4.83. The highest BCUT2D eigenvalue weighted by Gasteiger charge is 2.29. The summed E-state index contributed by atoms with van der Waals surface area (Å²) in [5.41, 5.74) is 5.45. The van der Waals surface area contributed by atoms with E-state index in [1.165, 1.54) is 0 Å². The number of carbonyl (C=O) groups is 1. The molecule has 0 aromatic carbocycles. The van der Waals surface area contributed by atoms with Gasteiger partial charge in [-0.25, -0.2) is 0 Å². The first-order chi connectivity index (χ1) is 8.31. The van der Waals surface area contributed by atoms with Crippen molar-refractivity contribution in [1.29, 1.82) is 0 Å². The third kappa shape index (κ3) is 3.40. The van der Waals surface area contributed by atoms with Gasteiger partial charge in [-0.2, -0.15) is 0 Å². The molecule has 1 atom stereocenters. The van der Waals surface area contributed by atoms with Crippen LogP contribution in [0.2, 0.25) is 0 Å². The molecule has 0 radical (unpaired) electrons. The van der Waals surface area contributed by atoms with Gasteiger partial charge in [-0.1, -0.05) is 0 Å². The Morgan fingerprint density at radius 1 is 1.29 bits per heavy atom. The lowest BCUT2D eigenvalue weighted by molar-refractivity contribution is -0.132. The summed E-state index contributed by atoms with van der Waals surface area (Å²) >= 11 is 0. The van der Waals surface area contributed by atoms with Crippen LogP contribution in [-0.4, -0.2) is 67.7 Å². The smallest absolute Gasteiger partial charge is 0.224 e. The average molecular weight is 241 g/mol. The lowest BCUT2D eigenvalue weighted by Crippen LogP contribution is -2.47. The maximum absolute atomic E-state index is 11.9. The number of nitrogens with two attached hydrogens (primary N) is 1. The van der Waals surface area contributed by atoms with Crippen molar-refractivity contribution in [3.8, 4) is 0 Å². The third-order valence-corrected chi connectivity index (χ3v) is 3.63. The monoisotopic (exact) mass is 241 g/mol. The van der Waals surface area contributed by atoms with E-state index >= 15 is 0 Å². The zero-order chi connectivity index (χ0) is 12.1. The van der Waals surface area contributed by atoms with E-state index in [0.29, 0.717) is 19.0 Å². The minimum Gasteiger partial charge on any atom is -0.379 e. The molecule has 0 bridgehead atoms. The molecule has 0 spiro atoms. The molecule has 2 fully saturated rings. The van der Waals surface area contributed by atoms with E-state index in [2.05, 4.69) is 4.90 Å². The van der Waals surface area contributed by atoms with Gasteiger partial charge in [0.25, 0.3) is 0 Å². The van der Waals surface area contributed by atoms with Gasteiger partial charge in [0.2, 0.25) is 5.91 Å². The highest BCUT2D eigenvalue weighted by Crippen LogP contribution is 2.19. The largest absolute Gasteiger partial charge is 0.379 e. The molecule has 0 aliphatic carbocycles. The van der Waals surface area contributed by atoms with E-state index in [9.17, 15) is 4.79 Å². The number of carbonyl (C=O) groups excluding carboxylic acids is 1. The fourth-order valence-electron chi connectivity index (χ4n) is 2.70. The Bertz CT molecular complexity index is 254. The molecular weight excluding hydrogens is 218 g/mol. The second kappa shape index (κ2) is 6.33. The van der Waals surface area contributed by atoms with Crippen LogP contribution in [0.3, 0.4) is 0 Å². The van der Waals surface area contributed by atoms with E-state index in [1.807, 2.05) is 4.90 Å². The van der Waals surface area contributed by atoms with Crippen LogP contribution >= 0.6 is 0 Å². The number of nitrogens with zero attached hydrogens (tertiary/aromatic N) is 2. The van der Waals surface area contributed by atoms with Gasteiger partial charge < -0.3 is 15.4 Å². The van der Waals surface area contributed by atoms with Gasteiger partial charge in [0.15, 0.2) is 0 Å². The quantitative estimate of drug-likeness (QED) is 0.731. The zero-order valence-electron chi connectivity index (χ0n) is 10.4. The van der Waals surface area contributed by atoms with Gasteiger partial charge in [-0.3, -0.25) is 9.69 Å². The van der Waals surface area contributed by atoms with Crippen LogP contribution in [0.5, 0.6) is 0 Å². The number of morpholine rings is 1. The van der Waals surface area contributed by atoms with E-state index in [4.69, 9.17) is 10.5 Å². The zero-order valence-corrected chi connectivity index (χ0v) is 10.4. The standard InChI is InChI=1S/C12H23N3O2/c13-4-3-12(16)15-5-1-2-11(15)10-14-6-8-17-9-7-14/h11H,1-10,13H2. The lowest BCUT2D eigenvalue weighted by atomic mass is 10.2. The van der Waals surface area contributed by atoms with Crippen molar-refractivity contribution < 1.29 is 9.53 Å². The molecule has 0 aromatic rings. The predicted molar refractivity (Wildman–Crippen MR) is 65.7 cm³/mol. The summed E-state index contributed by atoms with van der Waals surface area (Å²) in [6.07, 6.45) is 2.75. The van der Waals surface area contributed by atoms with Gasteiger partial charge in [0, 0.05) is 45.2 Å². The number of rotatable bonds is 4. The van der Waals surface area contributed by atoms with Crippen molar-refractivity contribution in [1.82, 2.24) is 9.80 Å². The summed E-state index contributed by atoms with van der Waals surface area (Å²) in [7, 11) is 0. The highest BCUT2D eigenvalue weighted by atomic mass is 16.5. The maximum atomic E-state index is 11.9. The average Bonchev–Trinajstić information content (AvgIpc) is 2.79. The molecule has 2 rings (SSSR count). The van der Waals surface area contributed by atoms with Gasteiger partial charge in [-0.05, 0) is 12.8 Å². The number of likely N-dealkylation sites (tertiary alicyclic amines) is 1. The number of amides is 1. The fourth-order valence-corrected chi connectivity index (χ4v) is 2.70. The highest BCUT2D eigenvalue weighted by molar-refractivity contribution is 5.77. The van der Waals surface area contributed by atoms with Crippen LogP contribution in [0.25, 0.3) is 0 Å². The summed E-state index contributed by atoms with van der Waals surface area (Å²) in [6.45, 7) is 6.00. The SMILES string of the molecule is NCCC(=O)N1CCCC1CN1CCOCC1. The van der Waals surface area contributed by atoms with Crippen LogP contribution in [-0.2, 0) is 9.53 Å². The molecule has 0 saturated carbocycles. The Balaban J connectivity index is 1.83. The summed E-state index contributed by atoms with van der Waals surface area (Å²) in [5.74, 6) is 0.225. The van der Waals surface area contributed by atoms with Crippen molar-refractivity contribution in [3.05, 3.63) is 0 Å². The number of hydrogen-bond acceptors (Lipinski definition) is 4.